The number of aromatic carboxylic acids is 1. The summed E-state index contributed by atoms with van der Waals surface area (Å²) in [7, 11) is 0. The Labute approximate surface area is 191 Å². The maximum atomic E-state index is 14.1. The molecule has 0 radical (unpaired) electrons. The fourth-order valence-corrected chi connectivity index (χ4v) is 3.52. The van der Waals surface area contributed by atoms with E-state index in [0.717, 1.165) is 0 Å². The Hall–Kier alpha value is -3.84. The molecule has 33 heavy (non-hydrogen) atoms. The van der Waals surface area contributed by atoms with Crippen molar-refractivity contribution in [2.75, 3.05) is 0 Å². The van der Waals surface area contributed by atoms with Gasteiger partial charge in [-0.3, -0.25) is 0 Å². The minimum atomic E-state index is -1.16. The molecule has 0 aliphatic heterocycles. The Morgan fingerprint density at radius 2 is 1.58 bits per heavy atom. The minimum Gasteiger partial charge on any atom is -0.488 e. The first-order chi connectivity index (χ1) is 15.8. The maximum absolute atomic E-state index is 14.1. The van der Waals surface area contributed by atoms with Crippen molar-refractivity contribution >= 4 is 17.6 Å². The lowest BCUT2D eigenvalue weighted by Gasteiger charge is -2.16. The first-order valence-electron chi connectivity index (χ1n) is 9.69. The van der Waals surface area contributed by atoms with Crippen molar-refractivity contribution in [1.29, 1.82) is 0 Å². The van der Waals surface area contributed by atoms with Crippen LogP contribution in [0.4, 0.5) is 13.2 Å². The number of nitrogens with zero attached hydrogens (tertiary/aromatic N) is 1. The lowest BCUT2D eigenvalue weighted by molar-refractivity contribution is 0.0690. The van der Waals surface area contributed by atoms with Gasteiger partial charge in [-0.15, -0.1) is 0 Å². The van der Waals surface area contributed by atoms with E-state index in [1.165, 1.54) is 6.07 Å². The van der Waals surface area contributed by atoms with Crippen LogP contribution in [0.5, 0.6) is 5.75 Å². The summed E-state index contributed by atoms with van der Waals surface area (Å²) in [4.78, 5) is 15.5. The van der Waals surface area contributed by atoms with Crippen molar-refractivity contribution < 1.29 is 27.8 Å². The largest absolute Gasteiger partial charge is 0.488 e. The molecular weight excluding hydrogens is 455 g/mol. The average Bonchev–Trinajstić information content (AvgIpc) is 2.79. The standard InChI is InChI=1S/C25H15ClF3NO3/c26-14-8-9-24(33-13-19-20(28)11-15(27)12-21(19)29)18(10-14)16-4-1-2-5-17(16)22-6-3-7-23(30-22)25(31)32/h1-12H,13H2,(H,31,32). The Balaban J connectivity index is 1.77. The Morgan fingerprint density at radius 3 is 2.27 bits per heavy atom. The molecule has 0 aliphatic rings. The van der Waals surface area contributed by atoms with Gasteiger partial charge < -0.3 is 9.84 Å². The predicted molar refractivity (Wildman–Crippen MR) is 118 cm³/mol. The monoisotopic (exact) mass is 469 g/mol. The number of ether oxygens (including phenoxy) is 1. The predicted octanol–water partition coefficient (Wildman–Crippen LogP) is 6.76. The number of benzene rings is 3. The highest BCUT2D eigenvalue weighted by atomic mass is 35.5. The van der Waals surface area contributed by atoms with E-state index in [4.69, 9.17) is 16.3 Å². The van der Waals surface area contributed by atoms with E-state index >= 15 is 0 Å². The second kappa shape index (κ2) is 9.34. The molecule has 1 aromatic heterocycles. The van der Waals surface area contributed by atoms with Crippen LogP contribution in [0, 0.1) is 17.5 Å². The number of hydrogen-bond acceptors (Lipinski definition) is 3. The second-order valence-corrected chi connectivity index (χ2v) is 7.47. The third-order valence-corrected chi connectivity index (χ3v) is 5.12. The molecule has 8 heteroatoms. The van der Waals surface area contributed by atoms with Crippen LogP contribution in [-0.4, -0.2) is 16.1 Å². The van der Waals surface area contributed by atoms with Gasteiger partial charge in [0.25, 0.3) is 0 Å². The number of carboxylic acid groups (broad SMARTS) is 1. The molecule has 1 N–H and O–H groups in total. The Morgan fingerprint density at radius 1 is 0.879 bits per heavy atom. The molecule has 0 aliphatic carbocycles. The van der Waals surface area contributed by atoms with Crippen LogP contribution in [-0.2, 0) is 6.61 Å². The molecule has 0 saturated heterocycles. The van der Waals surface area contributed by atoms with Crippen molar-refractivity contribution in [3.8, 4) is 28.1 Å². The van der Waals surface area contributed by atoms with E-state index in [1.807, 2.05) is 0 Å². The molecule has 4 nitrogen and oxygen atoms in total. The zero-order valence-electron chi connectivity index (χ0n) is 16.9. The Bertz CT molecular complexity index is 1340. The van der Waals surface area contributed by atoms with Crippen LogP contribution < -0.4 is 4.74 Å². The Kier molecular flexibility index (Phi) is 6.33. The first-order valence-corrected chi connectivity index (χ1v) is 10.1. The SMILES string of the molecule is O=C(O)c1cccc(-c2ccccc2-c2cc(Cl)ccc2OCc2c(F)cc(F)cc2F)n1. The zero-order chi connectivity index (χ0) is 23.5. The van der Waals surface area contributed by atoms with Gasteiger partial charge in [-0.1, -0.05) is 41.9 Å². The van der Waals surface area contributed by atoms with Crippen molar-refractivity contribution in [3.63, 3.8) is 0 Å². The number of hydrogen-bond donors (Lipinski definition) is 1. The van der Waals surface area contributed by atoms with Gasteiger partial charge in [-0.25, -0.2) is 22.9 Å². The van der Waals surface area contributed by atoms with Gasteiger partial charge in [0.15, 0.2) is 0 Å². The summed E-state index contributed by atoms with van der Waals surface area (Å²) >= 11 is 6.21. The van der Waals surface area contributed by atoms with E-state index in [9.17, 15) is 23.1 Å². The molecule has 0 unspecified atom stereocenters. The van der Waals surface area contributed by atoms with Crippen LogP contribution in [0.2, 0.25) is 5.02 Å². The van der Waals surface area contributed by atoms with Gasteiger partial charge in [0.05, 0.1) is 11.3 Å². The molecule has 0 amide bonds. The zero-order valence-corrected chi connectivity index (χ0v) is 17.6. The molecule has 4 aromatic rings. The van der Waals surface area contributed by atoms with Gasteiger partial charge in [-0.2, -0.15) is 0 Å². The second-order valence-electron chi connectivity index (χ2n) is 7.04. The summed E-state index contributed by atoms with van der Waals surface area (Å²) < 4.78 is 47.0. The van der Waals surface area contributed by atoms with E-state index in [0.29, 0.717) is 39.5 Å². The summed E-state index contributed by atoms with van der Waals surface area (Å²) in [6, 6.07) is 17.6. The summed E-state index contributed by atoms with van der Waals surface area (Å²) in [6.45, 7) is -0.485. The van der Waals surface area contributed by atoms with Crippen LogP contribution in [0.15, 0.2) is 72.8 Å². The summed E-state index contributed by atoms with van der Waals surface area (Å²) in [5.41, 5.74) is 1.60. The van der Waals surface area contributed by atoms with Crippen LogP contribution in [0.3, 0.4) is 0 Å². The lowest BCUT2D eigenvalue weighted by atomic mass is 9.96. The number of aromatic nitrogens is 1. The van der Waals surface area contributed by atoms with Crippen molar-refractivity contribution in [1.82, 2.24) is 4.98 Å². The average molecular weight is 470 g/mol. The van der Waals surface area contributed by atoms with Crippen LogP contribution >= 0.6 is 11.6 Å². The van der Waals surface area contributed by atoms with Gasteiger partial charge in [-0.05, 0) is 35.9 Å². The molecule has 3 aromatic carbocycles. The molecule has 166 valence electrons. The molecule has 4 rings (SSSR count). The fourth-order valence-electron chi connectivity index (χ4n) is 3.34. The normalized spacial score (nSPS) is 10.8. The maximum Gasteiger partial charge on any atom is 0.354 e. The van der Waals surface area contributed by atoms with Crippen molar-refractivity contribution in [3.05, 3.63) is 107 Å². The number of pyridine rings is 1. The molecular formula is C25H15ClF3NO3. The molecule has 0 bridgehead atoms. The quantitative estimate of drug-likeness (QED) is 0.339. The fraction of sp³-hybridized carbons (Fsp3) is 0.0400. The molecule has 0 fully saturated rings. The number of rotatable bonds is 6. The van der Waals surface area contributed by atoms with Gasteiger partial charge in [0.1, 0.15) is 35.5 Å². The lowest BCUT2D eigenvalue weighted by Crippen LogP contribution is -2.04. The van der Waals surface area contributed by atoms with Crippen molar-refractivity contribution in [2.24, 2.45) is 0 Å². The van der Waals surface area contributed by atoms with Gasteiger partial charge >= 0.3 is 5.97 Å². The number of halogens is 4. The van der Waals surface area contributed by atoms with E-state index in [-0.39, 0.29) is 11.4 Å². The highest BCUT2D eigenvalue weighted by Gasteiger charge is 2.17. The molecule has 0 saturated carbocycles. The van der Waals surface area contributed by atoms with Crippen LogP contribution in [0.1, 0.15) is 16.1 Å². The van der Waals surface area contributed by atoms with Gasteiger partial charge in [0.2, 0.25) is 0 Å². The molecule has 1 heterocycles. The summed E-state index contributed by atoms with van der Waals surface area (Å²) in [5, 5.41) is 9.67. The topological polar surface area (TPSA) is 59.4 Å². The highest BCUT2D eigenvalue weighted by molar-refractivity contribution is 6.31. The van der Waals surface area contributed by atoms with E-state index < -0.39 is 35.6 Å². The summed E-state index contributed by atoms with van der Waals surface area (Å²) in [5.74, 6) is -4.03. The van der Waals surface area contributed by atoms with E-state index in [1.54, 1.807) is 54.6 Å². The van der Waals surface area contributed by atoms with Crippen LogP contribution in [0.25, 0.3) is 22.4 Å². The van der Waals surface area contributed by atoms with Gasteiger partial charge in [0, 0.05) is 28.3 Å². The summed E-state index contributed by atoms with van der Waals surface area (Å²) in [6.07, 6.45) is 0. The minimum absolute atomic E-state index is 0.118. The third-order valence-electron chi connectivity index (χ3n) is 4.88. The third kappa shape index (κ3) is 4.83. The van der Waals surface area contributed by atoms with E-state index in [2.05, 4.69) is 4.98 Å². The highest BCUT2D eigenvalue weighted by Crippen LogP contribution is 2.38. The number of carboxylic acids is 1. The van der Waals surface area contributed by atoms with Crippen molar-refractivity contribution in [2.45, 2.75) is 6.61 Å². The number of carbonyl (C=O) groups is 1. The first kappa shape index (κ1) is 22.4. The molecule has 0 spiro atoms. The smallest absolute Gasteiger partial charge is 0.354 e. The molecule has 0 atom stereocenters.